The van der Waals surface area contributed by atoms with Crippen LogP contribution in [0, 0.1) is 0 Å². The van der Waals surface area contributed by atoms with Crippen LogP contribution >= 0.6 is 0 Å². The average Bonchev–Trinajstić information content (AvgIpc) is 2.66. The highest BCUT2D eigenvalue weighted by Crippen LogP contribution is 2.19. The molecule has 7 nitrogen and oxygen atoms in total. The fraction of sp³-hybridized carbons (Fsp3) is 0.647. The van der Waals surface area contributed by atoms with Crippen molar-refractivity contribution in [1.82, 2.24) is 20.3 Å². The number of piperazine rings is 1. The summed E-state index contributed by atoms with van der Waals surface area (Å²) in [5.74, 6) is 0.986. The van der Waals surface area contributed by atoms with E-state index in [-0.39, 0.29) is 0 Å². The molecule has 1 aromatic heterocycles. The van der Waals surface area contributed by atoms with Crippen molar-refractivity contribution in [2.75, 3.05) is 50.8 Å². The van der Waals surface area contributed by atoms with Gasteiger partial charge in [-0.15, -0.1) is 0 Å². The standard InChI is InChI=1S/C17H27N5O2/c1-2-20-24-12-3-15-13-17(19-14-18-15)22-8-6-21(7-9-22)16-4-10-23-11-5-16/h3,12-14,16,20H,2,4-11H2,1H3/b12-3+. The lowest BCUT2D eigenvalue weighted by atomic mass is 10.1. The van der Waals surface area contributed by atoms with Crippen LogP contribution in [0.4, 0.5) is 5.82 Å². The van der Waals surface area contributed by atoms with E-state index in [1.807, 2.05) is 19.1 Å². The second-order valence-electron chi connectivity index (χ2n) is 6.09. The third kappa shape index (κ3) is 4.66. The van der Waals surface area contributed by atoms with Gasteiger partial charge >= 0.3 is 0 Å². The van der Waals surface area contributed by atoms with Crippen LogP contribution in [0.15, 0.2) is 18.7 Å². The van der Waals surface area contributed by atoms with E-state index < -0.39 is 0 Å². The van der Waals surface area contributed by atoms with E-state index in [1.165, 1.54) is 0 Å². The first-order valence-corrected chi connectivity index (χ1v) is 8.80. The molecule has 2 fully saturated rings. The normalized spacial score (nSPS) is 20.6. The minimum atomic E-state index is 0.688. The van der Waals surface area contributed by atoms with Crippen LogP contribution in [0.5, 0.6) is 0 Å². The van der Waals surface area contributed by atoms with Gasteiger partial charge in [0.2, 0.25) is 0 Å². The van der Waals surface area contributed by atoms with Crippen molar-refractivity contribution in [2.45, 2.75) is 25.8 Å². The third-order valence-electron chi connectivity index (χ3n) is 4.55. The highest BCUT2D eigenvalue weighted by atomic mass is 16.6. The van der Waals surface area contributed by atoms with Crippen LogP contribution in [0.1, 0.15) is 25.5 Å². The largest absolute Gasteiger partial charge is 0.416 e. The second kappa shape index (κ2) is 8.96. The zero-order valence-corrected chi connectivity index (χ0v) is 14.4. The van der Waals surface area contributed by atoms with Gasteiger partial charge in [-0.2, -0.15) is 5.48 Å². The number of hydroxylamine groups is 1. The molecule has 0 spiro atoms. The zero-order valence-electron chi connectivity index (χ0n) is 14.4. The van der Waals surface area contributed by atoms with E-state index in [4.69, 9.17) is 9.57 Å². The Morgan fingerprint density at radius 2 is 2.04 bits per heavy atom. The van der Waals surface area contributed by atoms with E-state index >= 15 is 0 Å². The lowest BCUT2D eigenvalue weighted by Gasteiger charge is -2.41. The van der Waals surface area contributed by atoms with Crippen LogP contribution in [0.2, 0.25) is 0 Å². The molecule has 2 aliphatic rings. The van der Waals surface area contributed by atoms with Gasteiger partial charge < -0.3 is 14.5 Å². The Morgan fingerprint density at radius 1 is 1.25 bits per heavy atom. The average molecular weight is 333 g/mol. The minimum absolute atomic E-state index is 0.688. The summed E-state index contributed by atoms with van der Waals surface area (Å²) in [7, 11) is 0. The maximum atomic E-state index is 5.47. The molecule has 0 bridgehead atoms. The fourth-order valence-electron chi connectivity index (χ4n) is 3.23. The minimum Gasteiger partial charge on any atom is -0.416 e. The molecular weight excluding hydrogens is 306 g/mol. The summed E-state index contributed by atoms with van der Waals surface area (Å²) in [6.07, 6.45) is 7.39. The number of anilines is 1. The van der Waals surface area contributed by atoms with Crippen LogP contribution in [-0.4, -0.2) is 66.8 Å². The Kier molecular flexibility index (Phi) is 6.40. The summed E-state index contributed by atoms with van der Waals surface area (Å²) < 4.78 is 5.47. The first-order chi connectivity index (χ1) is 11.9. The number of aromatic nitrogens is 2. The van der Waals surface area contributed by atoms with Gasteiger partial charge in [0, 0.05) is 64.1 Å². The van der Waals surface area contributed by atoms with Gasteiger partial charge in [-0.05, 0) is 19.8 Å². The fourth-order valence-corrected chi connectivity index (χ4v) is 3.23. The molecular formula is C17H27N5O2. The van der Waals surface area contributed by atoms with E-state index in [0.29, 0.717) is 6.04 Å². The van der Waals surface area contributed by atoms with Gasteiger partial charge in [-0.25, -0.2) is 9.97 Å². The molecule has 132 valence electrons. The Morgan fingerprint density at radius 3 is 2.79 bits per heavy atom. The lowest BCUT2D eigenvalue weighted by molar-refractivity contribution is 0.0321. The zero-order chi connectivity index (χ0) is 16.6. The topological polar surface area (TPSA) is 62.8 Å². The summed E-state index contributed by atoms with van der Waals surface area (Å²) in [5, 5.41) is 0. The van der Waals surface area contributed by atoms with Crippen molar-refractivity contribution in [1.29, 1.82) is 0 Å². The Balaban J connectivity index is 1.53. The first-order valence-electron chi connectivity index (χ1n) is 8.80. The van der Waals surface area contributed by atoms with Gasteiger partial charge in [0.1, 0.15) is 18.4 Å². The number of rotatable bonds is 6. The summed E-state index contributed by atoms with van der Waals surface area (Å²) >= 11 is 0. The highest BCUT2D eigenvalue weighted by Gasteiger charge is 2.25. The van der Waals surface area contributed by atoms with Gasteiger partial charge in [0.15, 0.2) is 0 Å². The van der Waals surface area contributed by atoms with Crippen LogP contribution in [0.25, 0.3) is 6.08 Å². The van der Waals surface area contributed by atoms with E-state index in [1.54, 1.807) is 12.6 Å². The number of nitrogens with one attached hydrogen (secondary N) is 1. The Bertz CT molecular complexity index is 525. The molecule has 0 atom stereocenters. The van der Waals surface area contributed by atoms with E-state index in [2.05, 4.69) is 25.2 Å². The van der Waals surface area contributed by atoms with Crippen molar-refractivity contribution in [2.24, 2.45) is 0 Å². The Labute approximate surface area is 143 Å². The molecule has 0 unspecified atom stereocenters. The highest BCUT2D eigenvalue weighted by molar-refractivity contribution is 5.50. The predicted octanol–water partition coefficient (Wildman–Crippen LogP) is 1.29. The summed E-state index contributed by atoms with van der Waals surface area (Å²) in [4.78, 5) is 18.8. The third-order valence-corrected chi connectivity index (χ3v) is 4.55. The van der Waals surface area contributed by atoms with Gasteiger partial charge in [0.05, 0.1) is 5.69 Å². The molecule has 0 amide bonds. The second-order valence-corrected chi connectivity index (χ2v) is 6.09. The monoisotopic (exact) mass is 333 g/mol. The number of nitrogens with zero attached hydrogens (tertiary/aromatic N) is 4. The quantitative estimate of drug-likeness (QED) is 0.478. The maximum Gasteiger partial charge on any atom is 0.132 e. The molecule has 2 saturated heterocycles. The summed E-state index contributed by atoms with van der Waals surface area (Å²) in [6, 6.07) is 2.70. The molecule has 1 aromatic rings. The van der Waals surface area contributed by atoms with Crippen LogP contribution < -0.4 is 10.4 Å². The van der Waals surface area contributed by atoms with Crippen molar-refractivity contribution >= 4 is 11.9 Å². The van der Waals surface area contributed by atoms with Gasteiger partial charge in [-0.3, -0.25) is 4.90 Å². The number of hydrogen-bond acceptors (Lipinski definition) is 7. The summed E-state index contributed by atoms with van der Waals surface area (Å²) in [5.41, 5.74) is 3.63. The molecule has 24 heavy (non-hydrogen) atoms. The van der Waals surface area contributed by atoms with Crippen molar-refractivity contribution in [3.8, 4) is 0 Å². The predicted molar refractivity (Wildman–Crippen MR) is 93.5 cm³/mol. The van der Waals surface area contributed by atoms with Gasteiger partial charge in [-0.1, -0.05) is 0 Å². The smallest absolute Gasteiger partial charge is 0.132 e. The molecule has 0 radical (unpaired) electrons. The molecule has 7 heteroatoms. The van der Waals surface area contributed by atoms with E-state index in [0.717, 1.165) is 70.3 Å². The lowest BCUT2D eigenvalue weighted by Crippen LogP contribution is -2.51. The number of hydrogen-bond donors (Lipinski definition) is 1. The molecule has 0 aromatic carbocycles. The summed E-state index contributed by atoms with van der Waals surface area (Å²) in [6.45, 7) is 8.74. The van der Waals surface area contributed by atoms with Crippen molar-refractivity contribution < 1.29 is 9.57 Å². The van der Waals surface area contributed by atoms with Crippen molar-refractivity contribution in [3.05, 3.63) is 24.3 Å². The van der Waals surface area contributed by atoms with Crippen molar-refractivity contribution in [3.63, 3.8) is 0 Å². The van der Waals surface area contributed by atoms with Gasteiger partial charge in [0.25, 0.3) is 0 Å². The van der Waals surface area contributed by atoms with Crippen LogP contribution in [-0.2, 0) is 9.57 Å². The molecule has 0 aliphatic carbocycles. The SMILES string of the molecule is CCNO/C=C/c1cc(N2CCN(C3CCOCC3)CC2)ncn1. The Hall–Kier alpha value is -1.70. The molecule has 0 saturated carbocycles. The molecule has 3 heterocycles. The van der Waals surface area contributed by atoms with E-state index in [9.17, 15) is 0 Å². The van der Waals surface area contributed by atoms with Crippen LogP contribution in [0.3, 0.4) is 0 Å². The molecule has 1 N–H and O–H groups in total. The first kappa shape index (κ1) is 17.1. The number of ether oxygens (including phenoxy) is 1. The maximum absolute atomic E-state index is 5.47. The molecule has 2 aliphatic heterocycles. The molecule has 3 rings (SSSR count).